The first-order valence-corrected chi connectivity index (χ1v) is 8.54. The molecule has 0 N–H and O–H groups in total. The quantitative estimate of drug-likeness (QED) is 0.610. The molecule has 22 heavy (non-hydrogen) atoms. The largest absolute Gasteiger partial charge is 0.294 e. The van der Waals surface area contributed by atoms with Gasteiger partial charge in [-0.05, 0) is 41.1 Å². The summed E-state index contributed by atoms with van der Waals surface area (Å²) in [6, 6.07) is 8.29. The lowest BCUT2D eigenvalue weighted by atomic mass is 9.60. The highest BCUT2D eigenvalue weighted by Crippen LogP contribution is 2.49. The lowest BCUT2D eigenvalue weighted by molar-refractivity contribution is 0.0520. The zero-order chi connectivity index (χ0) is 16.8. The normalized spacial score (nSPS) is 21.6. The van der Waals surface area contributed by atoms with Gasteiger partial charge in [-0.15, -0.1) is 0 Å². The molecule has 1 aliphatic carbocycles. The van der Waals surface area contributed by atoms with Gasteiger partial charge in [-0.25, -0.2) is 0 Å². The van der Waals surface area contributed by atoms with Crippen molar-refractivity contribution in [3.8, 4) is 0 Å². The van der Waals surface area contributed by atoms with E-state index in [2.05, 4.69) is 60.6 Å². The van der Waals surface area contributed by atoms with Crippen LogP contribution in [0.2, 0.25) is 0 Å². The molecule has 1 saturated carbocycles. The van der Waals surface area contributed by atoms with Crippen LogP contribution in [-0.2, 0) is 5.41 Å². The summed E-state index contributed by atoms with van der Waals surface area (Å²) < 4.78 is 0. The highest BCUT2D eigenvalue weighted by atomic mass is 16.1. The Balaban J connectivity index is 2.21. The minimum absolute atomic E-state index is 0.135. The second-order valence-corrected chi connectivity index (χ2v) is 9.80. The summed E-state index contributed by atoms with van der Waals surface area (Å²) in [4.78, 5) is 12.9. The minimum atomic E-state index is 0.135. The average Bonchev–Trinajstić information content (AvgIpc) is 2.33. The summed E-state index contributed by atoms with van der Waals surface area (Å²) in [7, 11) is 0. The van der Waals surface area contributed by atoms with Crippen LogP contribution in [0.4, 0.5) is 0 Å². The Morgan fingerprint density at radius 2 is 1.41 bits per heavy atom. The van der Waals surface area contributed by atoms with Crippen LogP contribution in [0.15, 0.2) is 24.3 Å². The maximum atomic E-state index is 12.9. The van der Waals surface area contributed by atoms with Crippen LogP contribution in [0.25, 0.3) is 0 Å². The molecule has 1 nitrogen and oxygen atoms in total. The van der Waals surface area contributed by atoms with Crippen molar-refractivity contribution in [1.29, 1.82) is 0 Å². The van der Waals surface area contributed by atoms with Gasteiger partial charge in [0.15, 0.2) is 5.78 Å². The van der Waals surface area contributed by atoms with E-state index in [4.69, 9.17) is 0 Å². The zero-order valence-electron chi connectivity index (χ0n) is 15.4. The van der Waals surface area contributed by atoms with Gasteiger partial charge in [0.2, 0.25) is 0 Å². The van der Waals surface area contributed by atoms with E-state index in [1.165, 1.54) is 12.0 Å². The fourth-order valence-electron chi connectivity index (χ4n) is 4.40. The van der Waals surface area contributed by atoms with Gasteiger partial charge in [-0.3, -0.25) is 4.79 Å². The van der Waals surface area contributed by atoms with Crippen molar-refractivity contribution in [3.63, 3.8) is 0 Å². The van der Waals surface area contributed by atoms with E-state index in [9.17, 15) is 4.79 Å². The van der Waals surface area contributed by atoms with Gasteiger partial charge in [0.05, 0.1) is 0 Å². The van der Waals surface area contributed by atoms with Crippen molar-refractivity contribution in [3.05, 3.63) is 35.4 Å². The number of carbonyl (C=O) groups excluding carboxylic acids is 1. The molecule has 0 heterocycles. The first-order valence-electron chi connectivity index (χ1n) is 8.54. The summed E-state index contributed by atoms with van der Waals surface area (Å²) in [5, 5.41) is 0. The van der Waals surface area contributed by atoms with Crippen LogP contribution in [0.1, 0.15) is 83.7 Å². The number of Topliss-reactive ketones (excluding diaryl/α,β-unsaturated/α-hetero) is 1. The predicted octanol–water partition coefficient (Wildman–Crippen LogP) is 6.02. The smallest absolute Gasteiger partial charge is 0.165 e. The molecule has 1 fully saturated rings. The maximum absolute atomic E-state index is 12.9. The first kappa shape index (κ1) is 17.2. The number of hydrogen-bond acceptors (Lipinski definition) is 1. The maximum Gasteiger partial charge on any atom is 0.165 e. The molecule has 0 radical (unpaired) electrons. The lowest BCUT2D eigenvalue weighted by Gasteiger charge is -2.44. The Bertz CT molecular complexity index is 524. The summed E-state index contributed by atoms with van der Waals surface area (Å²) in [6.07, 6.45) is 3.22. The van der Waals surface area contributed by atoms with Crippen LogP contribution in [0.5, 0.6) is 0 Å². The molecule has 0 aromatic heterocycles. The van der Waals surface area contributed by atoms with Crippen molar-refractivity contribution < 1.29 is 4.79 Å². The third-order valence-corrected chi connectivity index (χ3v) is 4.96. The molecule has 0 saturated heterocycles. The number of carbonyl (C=O) groups is 1. The SMILES string of the molecule is CC1(C)CC(C(=O)c2ccc(C(C)(C)C)cc2)CC(C)(C)C1. The third kappa shape index (κ3) is 4.00. The van der Waals surface area contributed by atoms with E-state index in [1.807, 2.05) is 12.1 Å². The molecule has 122 valence electrons. The van der Waals surface area contributed by atoms with Gasteiger partial charge in [0, 0.05) is 11.5 Å². The van der Waals surface area contributed by atoms with Gasteiger partial charge in [0.1, 0.15) is 0 Å². The second kappa shape index (κ2) is 5.51. The fourth-order valence-corrected chi connectivity index (χ4v) is 4.40. The van der Waals surface area contributed by atoms with Crippen LogP contribution in [0, 0.1) is 16.7 Å². The van der Waals surface area contributed by atoms with E-state index < -0.39 is 0 Å². The average molecular weight is 300 g/mol. The van der Waals surface area contributed by atoms with Crippen molar-refractivity contribution in [2.75, 3.05) is 0 Å². The zero-order valence-corrected chi connectivity index (χ0v) is 15.4. The van der Waals surface area contributed by atoms with Crippen molar-refractivity contribution >= 4 is 5.78 Å². The lowest BCUT2D eigenvalue weighted by Crippen LogP contribution is -2.37. The molecule has 0 bridgehead atoms. The molecule has 1 aliphatic rings. The number of hydrogen-bond donors (Lipinski definition) is 0. The molecule has 1 aromatic rings. The molecule has 1 heteroatoms. The van der Waals surface area contributed by atoms with E-state index in [0.29, 0.717) is 5.78 Å². The van der Waals surface area contributed by atoms with Crippen LogP contribution in [-0.4, -0.2) is 5.78 Å². The van der Waals surface area contributed by atoms with Crippen LogP contribution < -0.4 is 0 Å². The molecule has 0 amide bonds. The topological polar surface area (TPSA) is 17.1 Å². The Hall–Kier alpha value is -1.11. The van der Waals surface area contributed by atoms with Crippen molar-refractivity contribution in [2.24, 2.45) is 16.7 Å². The Labute approximate surface area is 136 Å². The Morgan fingerprint density at radius 3 is 1.82 bits per heavy atom. The first-order chi connectivity index (χ1) is 9.90. The molecule has 1 aromatic carbocycles. The summed E-state index contributed by atoms with van der Waals surface area (Å²) in [5.41, 5.74) is 2.82. The van der Waals surface area contributed by atoms with Gasteiger partial charge in [0.25, 0.3) is 0 Å². The number of benzene rings is 1. The molecule has 0 atom stereocenters. The van der Waals surface area contributed by atoms with E-state index >= 15 is 0 Å². The molecule has 0 unspecified atom stereocenters. The van der Waals surface area contributed by atoms with Gasteiger partial charge < -0.3 is 0 Å². The highest BCUT2D eigenvalue weighted by Gasteiger charge is 2.41. The van der Waals surface area contributed by atoms with Gasteiger partial charge in [-0.2, -0.15) is 0 Å². The standard InChI is InChI=1S/C21H32O/c1-19(2,3)17-10-8-15(9-11-17)18(22)16-12-20(4,5)14-21(6,7)13-16/h8-11,16H,12-14H2,1-7H3. The van der Waals surface area contributed by atoms with Crippen molar-refractivity contribution in [2.45, 2.75) is 73.1 Å². The van der Waals surface area contributed by atoms with E-state index in [-0.39, 0.29) is 22.2 Å². The molecular weight excluding hydrogens is 268 g/mol. The Morgan fingerprint density at radius 1 is 0.955 bits per heavy atom. The van der Waals surface area contributed by atoms with Crippen LogP contribution in [0.3, 0.4) is 0 Å². The van der Waals surface area contributed by atoms with Gasteiger partial charge in [-0.1, -0.05) is 72.7 Å². The Kier molecular flexibility index (Phi) is 4.32. The van der Waals surface area contributed by atoms with E-state index in [0.717, 1.165) is 18.4 Å². The predicted molar refractivity (Wildman–Crippen MR) is 94.4 cm³/mol. The van der Waals surface area contributed by atoms with Gasteiger partial charge >= 0.3 is 0 Å². The number of rotatable bonds is 2. The minimum Gasteiger partial charge on any atom is -0.294 e. The highest BCUT2D eigenvalue weighted by molar-refractivity contribution is 5.98. The summed E-state index contributed by atoms with van der Waals surface area (Å²) in [6.45, 7) is 15.8. The summed E-state index contributed by atoms with van der Waals surface area (Å²) in [5.74, 6) is 0.501. The van der Waals surface area contributed by atoms with E-state index in [1.54, 1.807) is 0 Å². The fraction of sp³-hybridized carbons (Fsp3) is 0.667. The molecule has 0 spiro atoms. The molecule has 2 rings (SSSR count). The van der Waals surface area contributed by atoms with Crippen molar-refractivity contribution in [1.82, 2.24) is 0 Å². The molecule has 0 aliphatic heterocycles. The van der Waals surface area contributed by atoms with Crippen LogP contribution >= 0.6 is 0 Å². The summed E-state index contributed by atoms with van der Waals surface area (Å²) >= 11 is 0. The second-order valence-electron chi connectivity index (χ2n) is 9.80. The third-order valence-electron chi connectivity index (χ3n) is 4.96. The number of ketones is 1. The molecular formula is C21H32O. The monoisotopic (exact) mass is 300 g/mol.